The molecule has 2 aromatic carbocycles. The molecule has 0 saturated heterocycles. The van der Waals surface area contributed by atoms with Crippen LogP contribution in [0.5, 0.6) is 11.5 Å². The maximum absolute atomic E-state index is 10.5. The van der Waals surface area contributed by atoms with Gasteiger partial charge in [-0.3, -0.25) is 4.79 Å². The summed E-state index contributed by atoms with van der Waals surface area (Å²) >= 11 is 0. The maximum atomic E-state index is 10.5. The van der Waals surface area contributed by atoms with Crippen LogP contribution in [0.15, 0.2) is 36.4 Å². The van der Waals surface area contributed by atoms with Crippen molar-refractivity contribution in [3.63, 3.8) is 0 Å². The Hall–Kier alpha value is -1.60. The zero-order valence-electron chi connectivity index (χ0n) is 12.6. The molecule has 0 aliphatic rings. The molecule has 0 aliphatic heterocycles. The summed E-state index contributed by atoms with van der Waals surface area (Å²) in [6.45, 7) is 5.25. The number of esters is 1. The molecule has 3 nitrogen and oxygen atoms in total. The monoisotopic (exact) mass is 454 g/mol. The first kappa shape index (κ1) is 19.4. The van der Waals surface area contributed by atoms with E-state index in [4.69, 9.17) is 9.47 Å². The van der Waals surface area contributed by atoms with Crippen molar-refractivity contribution in [2.24, 2.45) is 0 Å². The topological polar surface area (TPSA) is 35.5 Å². The first-order valence-electron chi connectivity index (χ1n) is 6.20. The summed E-state index contributed by atoms with van der Waals surface area (Å²) in [6, 6.07) is 16.7. The van der Waals surface area contributed by atoms with Gasteiger partial charge in [-0.1, -0.05) is 13.8 Å². The largest absolute Gasteiger partial charge is 2.00 e. The Morgan fingerprint density at radius 3 is 1.81 bits per heavy atom. The van der Waals surface area contributed by atoms with Gasteiger partial charge in [-0.05, 0) is 0 Å². The minimum absolute atomic E-state index is 0. The van der Waals surface area contributed by atoms with Crippen molar-refractivity contribution in [3.8, 4) is 11.5 Å². The van der Waals surface area contributed by atoms with Crippen LogP contribution in [0.1, 0.15) is 18.1 Å². The second-order valence-corrected chi connectivity index (χ2v) is 4.18. The fourth-order valence-corrected chi connectivity index (χ4v) is 1.50. The van der Waals surface area contributed by atoms with E-state index in [0.29, 0.717) is 5.75 Å². The van der Waals surface area contributed by atoms with Gasteiger partial charge in [0.1, 0.15) is 0 Å². The second kappa shape index (κ2) is 10.2. The van der Waals surface area contributed by atoms with Gasteiger partial charge < -0.3 is 9.47 Å². The summed E-state index contributed by atoms with van der Waals surface area (Å²) in [6.07, 6.45) is 0. The van der Waals surface area contributed by atoms with E-state index in [9.17, 15) is 4.79 Å². The van der Waals surface area contributed by atoms with Crippen molar-refractivity contribution in [3.05, 3.63) is 59.7 Å². The van der Waals surface area contributed by atoms with E-state index in [1.807, 2.05) is 32.0 Å². The number of hydrogen-bond donors (Lipinski definition) is 0. The molecule has 0 aromatic heterocycles. The third kappa shape index (κ3) is 7.10. The number of benzene rings is 2. The molecule has 2 rings (SSSR count). The molecule has 0 N–H and O–H groups in total. The minimum atomic E-state index is -0.292. The van der Waals surface area contributed by atoms with Crippen molar-refractivity contribution in [2.45, 2.75) is 20.8 Å². The summed E-state index contributed by atoms with van der Waals surface area (Å²) in [5.74, 6) is 1.24. The normalized spacial score (nSPS) is 8.76. The average molecular weight is 454 g/mol. The number of aryl methyl sites for hydroxylation is 2. The molecule has 110 valence electrons. The van der Waals surface area contributed by atoms with E-state index in [0.717, 1.165) is 16.9 Å². The van der Waals surface area contributed by atoms with Gasteiger partial charge in [-0.15, -0.1) is 23.3 Å². The molecule has 0 radical (unpaired) electrons. The van der Waals surface area contributed by atoms with E-state index < -0.39 is 0 Å². The van der Waals surface area contributed by atoms with E-state index in [2.05, 4.69) is 12.1 Å². The van der Waals surface area contributed by atoms with E-state index in [-0.39, 0.29) is 27.0 Å². The summed E-state index contributed by atoms with van der Waals surface area (Å²) < 4.78 is 9.91. The van der Waals surface area contributed by atoms with Crippen molar-refractivity contribution >= 4 is 5.97 Å². The van der Waals surface area contributed by atoms with Crippen LogP contribution in [0.3, 0.4) is 0 Å². The zero-order valence-corrected chi connectivity index (χ0v) is 15.5. The first-order chi connectivity index (χ1) is 9.54. The van der Waals surface area contributed by atoms with Crippen LogP contribution in [-0.2, 0) is 25.9 Å². The predicted molar refractivity (Wildman–Crippen MR) is 77.9 cm³/mol. The van der Waals surface area contributed by atoms with Crippen LogP contribution in [0.2, 0.25) is 0 Å². The molecule has 0 fully saturated rings. The van der Waals surface area contributed by atoms with Crippen molar-refractivity contribution in [1.29, 1.82) is 0 Å². The van der Waals surface area contributed by atoms with E-state index in [1.54, 1.807) is 25.3 Å². The van der Waals surface area contributed by atoms with Crippen LogP contribution in [0.4, 0.5) is 0 Å². The van der Waals surface area contributed by atoms with Gasteiger partial charge in [0.15, 0.2) is 0 Å². The van der Waals surface area contributed by atoms with Gasteiger partial charge in [-0.25, -0.2) is 0 Å². The number of hydrogen-bond acceptors (Lipinski definition) is 3. The molecule has 2 aromatic rings. The van der Waals surface area contributed by atoms with Crippen LogP contribution >= 0.6 is 0 Å². The van der Waals surface area contributed by atoms with E-state index >= 15 is 0 Å². The van der Waals surface area contributed by atoms with Gasteiger partial charge in [-0.2, -0.15) is 36.4 Å². The Balaban J connectivity index is 0.000000370. The molecule has 0 aliphatic carbocycles. The molecular formula is C17H18O3W. The van der Waals surface area contributed by atoms with Gasteiger partial charge in [0.05, 0.1) is 7.11 Å². The van der Waals surface area contributed by atoms with Gasteiger partial charge in [0.2, 0.25) is 0 Å². The molecule has 0 atom stereocenters. The molecule has 0 spiro atoms. The van der Waals surface area contributed by atoms with Crippen LogP contribution in [-0.4, -0.2) is 13.1 Å². The smallest absolute Gasteiger partial charge is 0.522 e. The summed E-state index contributed by atoms with van der Waals surface area (Å²) in [4.78, 5) is 10.5. The molecular weight excluding hydrogens is 436 g/mol. The number of ether oxygens (including phenoxy) is 2. The molecule has 0 unspecified atom stereocenters. The molecule has 4 heteroatoms. The van der Waals surface area contributed by atoms with Gasteiger partial charge in [0, 0.05) is 18.4 Å². The Bertz CT molecular complexity index is 567. The minimum Gasteiger partial charge on any atom is -0.522 e. The van der Waals surface area contributed by atoms with Gasteiger partial charge in [0.25, 0.3) is 0 Å². The number of rotatable bonds is 2. The van der Waals surface area contributed by atoms with E-state index in [1.165, 1.54) is 6.92 Å². The predicted octanol–water partition coefficient (Wildman–Crippen LogP) is 3.52. The second-order valence-electron chi connectivity index (χ2n) is 4.18. The standard InChI is InChI=1S/C9H9O2.C8H9O.W/c1-7-5-3-4-6-9(7)11-8(2)10;1-7-5-3-4-6-8(7)9-2;/h4-6H,1-2H3;4-6H,1-2H3;/q2*-1;+2. The SMILES string of the molecule is CC(=O)Oc1cc[c-]cc1C.COc1cc[c-]cc1C.[W+2]. The Morgan fingerprint density at radius 1 is 1.00 bits per heavy atom. The first-order valence-corrected chi connectivity index (χ1v) is 6.20. The summed E-state index contributed by atoms with van der Waals surface area (Å²) in [5, 5.41) is 0. The fourth-order valence-electron chi connectivity index (χ4n) is 1.50. The van der Waals surface area contributed by atoms with Crippen molar-refractivity contribution < 1.29 is 35.3 Å². The fraction of sp³-hybridized carbons (Fsp3) is 0.235. The summed E-state index contributed by atoms with van der Waals surface area (Å²) in [7, 11) is 1.67. The molecule has 21 heavy (non-hydrogen) atoms. The number of methoxy groups -OCH3 is 1. The molecule has 0 amide bonds. The quantitative estimate of drug-likeness (QED) is 0.396. The van der Waals surface area contributed by atoms with Crippen LogP contribution in [0, 0.1) is 26.0 Å². The molecule has 0 bridgehead atoms. The number of carbonyl (C=O) groups is 1. The van der Waals surface area contributed by atoms with Crippen molar-refractivity contribution in [2.75, 3.05) is 7.11 Å². The third-order valence-corrected chi connectivity index (χ3v) is 2.51. The third-order valence-electron chi connectivity index (χ3n) is 2.51. The molecule has 0 saturated carbocycles. The van der Waals surface area contributed by atoms with Crippen molar-refractivity contribution in [1.82, 2.24) is 0 Å². The summed E-state index contributed by atoms with van der Waals surface area (Å²) in [5.41, 5.74) is 2.04. The molecule has 0 heterocycles. The number of carbonyl (C=O) groups excluding carboxylic acids is 1. The Morgan fingerprint density at radius 2 is 1.48 bits per heavy atom. The van der Waals surface area contributed by atoms with Gasteiger partial charge >= 0.3 is 27.0 Å². The Kier molecular flexibility index (Phi) is 9.40. The van der Waals surface area contributed by atoms with Crippen LogP contribution < -0.4 is 9.47 Å². The van der Waals surface area contributed by atoms with Crippen LogP contribution in [0.25, 0.3) is 0 Å². The maximum Gasteiger partial charge on any atom is 2.00 e. The Labute approximate surface area is 140 Å². The zero-order chi connectivity index (χ0) is 15.0. The average Bonchev–Trinajstić information content (AvgIpc) is 2.42.